The van der Waals surface area contributed by atoms with Gasteiger partial charge >= 0.3 is 0 Å². The molecule has 0 amide bonds. The van der Waals surface area contributed by atoms with Gasteiger partial charge in [-0.1, -0.05) is 12.1 Å². The molecule has 0 fully saturated rings. The van der Waals surface area contributed by atoms with Crippen molar-refractivity contribution in [2.45, 2.75) is 6.92 Å². The summed E-state index contributed by atoms with van der Waals surface area (Å²) in [4.78, 5) is 12.8. The molecule has 19 heavy (non-hydrogen) atoms. The first-order valence-electron chi connectivity index (χ1n) is 5.87. The fourth-order valence-electron chi connectivity index (χ4n) is 1.90. The Morgan fingerprint density at radius 1 is 1.11 bits per heavy atom. The predicted molar refractivity (Wildman–Crippen MR) is 73.5 cm³/mol. The normalized spacial score (nSPS) is 10.6. The van der Waals surface area contributed by atoms with Crippen LogP contribution in [0, 0.1) is 6.92 Å². The monoisotopic (exact) mass is 252 g/mol. The molecular formula is C14H12N4O. The van der Waals surface area contributed by atoms with Crippen LogP contribution in [-0.2, 0) is 0 Å². The second-order valence-electron chi connectivity index (χ2n) is 4.15. The number of pyridine rings is 1. The quantitative estimate of drug-likeness (QED) is 0.686. The molecule has 3 aromatic rings. The molecule has 2 N–H and O–H groups in total. The molecule has 0 aliphatic heterocycles. The molecule has 3 rings (SSSR count). The van der Waals surface area contributed by atoms with E-state index in [9.17, 15) is 5.11 Å². The minimum absolute atomic E-state index is 0.181. The Balaban J connectivity index is 2.13. The Hall–Kier alpha value is -2.69. The maximum Gasteiger partial charge on any atom is 0.142 e. The summed E-state index contributed by atoms with van der Waals surface area (Å²) >= 11 is 0. The van der Waals surface area contributed by atoms with Gasteiger partial charge in [0.2, 0.25) is 0 Å². The van der Waals surface area contributed by atoms with E-state index in [1.807, 2.05) is 19.1 Å². The van der Waals surface area contributed by atoms with Gasteiger partial charge in [0, 0.05) is 11.6 Å². The third kappa shape index (κ3) is 2.18. The highest BCUT2D eigenvalue weighted by Gasteiger charge is 2.07. The van der Waals surface area contributed by atoms with Crippen LogP contribution in [0.4, 0.5) is 11.5 Å². The summed E-state index contributed by atoms with van der Waals surface area (Å²) in [5, 5.41) is 13.8. The van der Waals surface area contributed by atoms with Gasteiger partial charge in [0.05, 0.1) is 17.4 Å². The number of aromatic nitrogens is 3. The van der Waals surface area contributed by atoms with Crippen LogP contribution in [0.1, 0.15) is 5.82 Å². The summed E-state index contributed by atoms with van der Waals surface area (Å²) < 4.78 is 0. The number of fused-ring (bicyclic) bond motifs is 1. The third-order valence-electron chi connectivity index (χ3n) is 2.77. The van der Waals surface area contributed by atoms with Crippen molar-refractivity contribution in [1.82, 2.24) is 15.0 Å². The molecule has 0 saturated heterocycles. The fourth-order valence-corrected chi connectivity index (χ4v) is 1.90. The number of nitrogens with one attached hydrogen (secondary N) is 1. The zero-order valence-electron chi connectivity index (χ0n) is 10.3. The smallest absolute Gasteiger partial charge is 0.142 e. The molecule has 0 aliphatic rings. The molecule has 0 unspecified atom stereocenters. The van der Waals surface area contributed by atoms with Gasteiger partial charge in [0.1, 0.15) is 17.4 Å². The van der Waals surface area contributed by atoms with Crippen LogP contribution in [0.5, 0.6) is 5.75 Å². The zero-order valence-corrected chi connectivity index (χ0v) is 10.3. The van der Waals surface area contributed by atoms with Crippen molar-refractivity contribution < 1.29 is 5.11 Å². The summed E-state index contributed by atoms with van der Waals surface area (Å²) in [7, 11) is 0. The molecule has 0 saturated carbocycles. The van der Waals surface area contributed by atoms with E-state index in [0.29, 0.717) is 17.3 Å². The number of anilines is 2. The Labute approximate surface area is 110 Å². The SMILES string of the molecule is Cc1nc(Nc2ccccc2O)c2ccncc2n1. The average molecular weight is 252 g/mol. The van der Waals surface area contributed by atoms with Gasteiger partial charge in [-0.25, -0.2) is 9.97 Å². The highest BCUT2D eigenvalue weighted by molar-refractivity contribution is 5.90. The van der Waals surface area contributed by atoms with Crippen LogP contribution in [0.15, 0.2) is 42.7 Å². The van der Waals surface area contributed by atoms with Crippen LogP contribution < -0.4 is 5.32 Å². The first-order chi connectivity index (χ1) is 9.24. The Bertz CT molecular complexity index is 742. The van der Waals surface area contributed by atoms with Gasteiger partial charge in [-0.3, -0.25) is 4.98 Å². The number of rotatable bonds is 2. The molecule has 0 bridgehead atoms. The fraction of sp³-hybridized carbons (Fsp3) is 0.0714. The van der Waals surface area contributed by atoms with Crippen LogP contribution in [0.3, 0.4) is 0 Å². The minimum atomic E-state index is 0.181. The van der Waals surface area contributed by atoms with E-state index in [4.69, 9.17) is 0 Å². The lowest BCUT2D eigenvalue weighted by molar-refractivity contribution is 0.477. The van der Waals surface area contributed by atoms with Crippen LogP contribution >= 0.6 is 0 Å². The first-order valence-corrected chi connectivity index (χ1v) is 5.87. The van der Waals surface area contributed by atoms with Crippen molar-refractivity contribution in [3.8, 4) is 5.75 Å². The lowest BCUT2D eigenvalue weighted by Gasteiger charge is -2.10. The van der Waals surface area contributed by atoms with Crippen LogP contribution in [0.2, 0.25) is 0 Å². The molecule has 5 heteroatoms. The molecule has 2 aromatic heterocycles. The van der Waals surface area contributed by atoms with Crippen molar-refractivity contribution in [3.05, 3.63) is 48.5 Å². The highest BCUT2D eigenvalue weighted by atomic mass is 16.3. The third-order valence-corrected chi connectivity index (χ3v) is 2.77. The van der Waals surface area contributed by atoms with E-state index in [0.717, 1.165) is 10.9 Å². The Kier molecular flexibility index (Phi) is 2.72. The van der Waals surface area contributed by atoms with Crippen molar-refractivity contribution in [3.63, 3.8) is 0 Å². The topological polar surface area (TPSA) is 70.9 Å². The molecule has 5 nitrogen and oxygen atoms in total. The summed E-state index contributed by atoms with van der Waals surface area (Å²) in [6.07, 6.45) is 3.39. The number of hydrogen-bond acceptors (Lipinski definition) is 5. The molecular weight excluding hydrogens is 240 g/mol. The minimum Gasteiger partial charge on any atom is -0.506 e. The number of phenols is 1. The second kappa shape index (κ2) is 4.53. The van der Waals surface area contributed by atoms with Gasteiger partial charge in [-0.15, -0.1) is 0 Å². The number of para-hydroxylation sites is 2. The highest BCUT2D eigenvalue weighted by Crippen LogP contribution is 2.28. The lowest BCUT2D eigenvalue weighted by Crippen LogP contribution is -1.99. The Morgan fingerprint density at radius 2 is 1.95 bits per heavy atom. The summed E-state index contributed by atoms with van der Waals surface area (Å²) in [6, 6.07) is 8.88. The van der Waals surface area contributed by atoms with E-state index in [1.54, 1.807) is 30.6 Å². The van der Waals surface area contributed by atoms with Crippen molar-refractivity contribution in [2.24, 2.45) is 0 Å². The summed E-state index contributed by atoms with van der Waals surface area (Å²) in [5.74, 6) is 1.49. The zero-order chi connectivity index (χ0) is 13.2. The average Bonchev–Trinajstić information content (AvgIpc) is 2.41. The van der Waals surface area contributed by atoms with E-state index >= 15 is 0 Å². The molecule has 2 heterocycles. The lowest BCUT2D eigenvalue weighted by atomic mass is 10.2. The molecule has 1 aromatic carbocycles. The number of hydrogen-bond donors (Lipinski definition) is 2. The van der Waals surface area contributed by atoms with Gasteiger partial charge in [-0.2, -0.15) is 0 Å². The van der Waals surface area contributed by atoms with Crippen molar-refractivity contribution in [2.75, 3.05) is 5.32 Å². The number of aromatic hydroxyl groups is 1. The standard InChI is InChI=1S/C14H12N4O/c1-9-16-12-8-15-7-6-10(12)14(17-9)18-11-4-2-3-5-13(11)19/h2-8,19H,1H3,(H,16,17,18). The van der Waals surface area contributed by atoms with Gasteiger partial charge in [0.25, 0.3) is 0 Å². The molecule has 0 aliphatic carbocycles. The summed E-state index contributed by atoms with van der Waals surface area (Å²) in [6.45, 7) is 1.82. The van der Waals surface area contributed by atoms with E-state index < -0.39 is 0 Å². The van der Waals surface area contributed by atoms with Crippen LogP contribution in [-0.4, -0.2) is 20.1 Å². The molecule has 0 spiro atoms. The van der Waals surface area contributed by atoms with E-state index in [2.05, 4.69) is 20.3 Å². The van der Waals surface area contributed by atoms with E-state index in [-0.39, 0.29) is 5.75 Å². The Morgan fingerprint density at radius 3 is 2.79 bits per heavy atom. The first kappa shape index (κ1) is 11.4. The second-order valence-corrected chi connectivity index (χ2v) is 4.15. The maximum absolute atomic E-state index is 9.79. The predicted octanol–water partition coefficient (Wildman–Crippen LogP) is 2.78. The molecule has 0 radical (unpaired) electrons. The molecule has 0 atom stereocenters. The maximum atomic E-state index is 9.79. The number of phenolic OH excluding ortho intramolecular Hbond substituents is 1. The number of nitrogens with zero attached hydrogens (tertiary/aromatic N) is 3. The van der Waals surface area contributed by atoms with Crippen molar-refractivity contribution in [1.29, 1.82) is 0 Å². The van der Waals surface area contributed by atoms with E-state index in [1.165, 1.54) is 0 Å². The summed E-state index contributed by atoms with van der Waals surface area (Å²) in [5.41, 5.74) is 1.38. The number of aryl methyl sites for hydroxylation is 1. The van der Waals surface area contributed by atoms with Crippen molar-refractivity contribution >= 4 is 22.4 Å². The molecule has 94 valence electrons. The van der Waals surface area contributed by atoms with Gasteiger partial charge < -0.3 is 10.4 Å². The number of benzene rings is 1. The van der Waals surface area contributed by atoms with Crippen LogP contribution in [0.25, 0.3) is 10.9 Å². The van der Waals surface area contributed by atoms with Gasteiger partial charge in [0.15, 0.2) is 0 Å². The van der Waals surface area contributed by atoms with Gasteiger partial charge in [-0.05, 0) is 25.1 Å². The largest absolute Gasteiger partial charge is 0.506 e.